The molecule has 20 heavy (non-hydrogen) atoms. The smallest absolute Gasteiger partial charge is 0.307 e. The zero-order valence-corrected chi connectivity index (χ0v) is 12.5. The van der Waals surface area contributed by atoms with Crippen LogP contribution in [0.5, 0.6) is 0 Å². The topological polar surface area (TPSA) is 66.4 Å². The van der Waals surface area contributed by atoms with Gasteiger partial charge in [0.25, 0.3) is 0 Å². The summed E-state index contributed by atoms with van der Waals surface area (Å²) >= 11 is 3.23. The number of amides is 1. The van der Waals surface area contributed by atoms with E-state index in [1.54, 1.807) is 0 Å². The van der Waals surface area contributed by atoms with Crippen molar-refractivity contribution >= 4 is 33.5 Å². The summed E-state index contributed by atoms with van der Waals surface area (Å²) in [6.07, 6.45) is 1.04. The number of benzene rings is 1. The Morgan fingerprint density at radius 3 is 2.65 bits per heavy atom. The van der Waals surface area contributed by atoms with Crippen LogP contribution in [0.25, 0.3) is 0 Å². The van der Waals surface area contributed by atoms with Crippen molar-refractivity contribution in [1.29, 1.82) is 0 Å². The fraction of sp³-hybridized carbons (Fsp3) is 0.429. The second-order valence-electron chi connectivity index (χ2n) is 5.24. The lowest BCUT2D eigenvalue weighted by Gasteiger charge is -2.16. The van der Waals surface area contributed by atoms with Crippen molar-refractivity contribution in [2.75, 3.05) is 5.32 Å². The van der Waals surface area contributed by atoms with Crippen LogP contribution in [0.1, 0.15) is 19.8 Å². The molecule has 3 unspecified atom stereocenters. The van der Waals surface area contributed by atoms with E-state index < -0.39 is 23.6 Å². The number of rotatable bonds is 3. The molecule has 1 aromatic rings. The van der Waals surface area contributed by atoms with Crippen LogP contribution in [-0.4, -0.2) is 17.0 Å². The Labute approximate surface area is 124 Å². The van der Waals surface area contributed by atoms with Gasteiger partial charge in [0.1, 0.15) is 5.82 Å². The molecule has 0 bridgehead atoms. The molecule has 6 heteroatoms. The maximum atomic E-state index is 13.2. The van der Waals surface area contributed by atoms with Crippen LogP contribution in [0.3, 0.4) is 0 Å². The number of hydrogen-bond donors (Lipinski definition) is 2. The monoisotopic (exact) mass is 343 g/mol. The molecule has 1 amide bonds. The van der Waals surface area contributed by atoms with Crippen molar-refractivity contribution in [2.24, 2.45) is 17.8 Å². The lowest BCUT2D eigenvalue weighted by atomic mass is 9.95. The van der Waals surface area contributed by atoms with Crippen molar-refractivity contribution in [1.82, 2.24) is 0 Å². The van der Waals surface area contributed by atoms with Crippen LogP contribution in [-0.2, 0) is 9.59 Å². The Hall–Kier alpha value is -1.43. The fourth-order valence-electron chi connectivity index (χ4n) is 2.67. The number of carbonyl (C=O) groups is 2. The van der Waals surface area contributed by atoms with E-state index in [0.29, 0.717) is 23.0 Å². The minimum absolute atomic E-state index is 0.197. The molecule has 0 aliphatic heterocycles. The van der Waals surface area contributed by atoms with E-state index in [1.165, 1.54) is 18.2 Å². The number of carboxylic acids is 1. The van der Waals surface area contributed by atoms with Gasteiger partial charge in [-0.15, -0.1) is 0 Å². The average Bonchev–Trinajstić information content (AvgIpc) is 2.76. The maximum Gasteiger partial charge on any atom is 0.307 e. The first-order valence-corrected chi connectivity index (χ1v) is 7.16. The molecule has 0 aromatic heterocycles. The first-order valence-electron chi connectivity index (χ1n) is 6.37. The third-order valence-electron chi connectivity index (χ3n) is 3.64. The number of nitrogens with one attached hydrogen (secondary N) is 1. The third kappa shape index (κ3) is 3.17. The molecule has 2 rings (SSSR count). The predicted molar refractivity (Wildman–Crippen MR) is 75.7 cm³/mol. The van der Waals surface area contributed by atoms with Gasteiger partial charge < -0.3 is 10.4 Å². The number of carboxylic acid groups (broad SMARTS) is 1. The van der Waals surface area contributed by atoms with Gasteiger partial charge in [-0.05, 0) is 52.9 Å². The normalized spacial score (nSPS) is 25.4. The molecule has 0 heterocycles. The van der Waals surface area contributed by atoms with Crippen molar-refractivity contribution in [3.05, 3.63) is 28.5 Å². The van der Waals surface area contributed by atoms with Gasteiger partial charge in [0, 0.05) is 4.47 Å². The van der Waals surface area contributed by atoms with Gasteiger partial charge in [0.05, 0.1) is 17.5 Å². The number of halogens is 2. The molecule has 1 fully saturated rings. The van der Waals surface area contributed by atoms with Crippen molar-refractivity contribution in [2.45, 2.75) is 19.8 Å². The molecule has 1 aliphatic rings. The lowest BCUT2D eigenvalue weighted by molar-refractivity contribution is -0.145. The highest BCUT2D eigenvalue weighted by Crippen LogP contribution is 2.37. The van der Waals surface area contributed by atoms with Gasteiger partial charge in [0.2, 0.25) is 5.91 Å². The first kappa shape index (κ1) is 15.0. The second-order valence-corrected chi connectivity index (χ2v) is 6.10. The largest absolute Gasteiger partial charge is 0.481 e. The highest BCUT2D eigenvalue weighted by atomic mass is 79.9. The summed E-state index contributed by atoms with van der Waals surface area (Å²) in [6, 6.07) is 3.98. The van der Waals surface area contributed by atoms with Crippen molar-refractivity contribution < 1.29 is 19.1 Å². The Morgan fingerprint density at radius 2 is 2.00 bits per heavy atom. The molecule has 1 aliphatic carbocycles. The first-order chi connectivity index (χ1) is 9.38. The molecule has 2 N–H and O–H groups in total. The fourth-order valence-corrected chi connectivity index (χ4v) is 3.02. The molecule has 108 valence electrons. The standard InChI is InChI=1S/C14H15BrFNO3/c1-7-4-9(10(5-7)14(19)20)13(18)17-12-6-8(16)2-3-11(12)15/h2-3,6-7,9-10H,4-5H2,1H3,(H,17,18)(H,19,20). The summed E-state index contributed by atoms with van der Waals surface area (Å²) in [6.45, 7) is 1.93. The number of hydrogen-bond acceptors (Lipinski definition) is 2. The molecule has 1 aromatic carbocycles. The van der Waals surface area contributed by atoms with Crippen molar-refractivity contribution in [3.63, 3.8) is 0 Å². The molecule has 4 nitrogen and oxygen atoms in total. The third-order valence-corrected chi connectivity index (χ3v) is 4.33. The highest BCUT2D eigenvalue weighted by Gasteiger charge is 2.41. The molecule has 0 radical (unpaired) electrons. The quantitative estimate of drug-likeness (QED) is 0.884. The Morgan fingerprint density at radius 1 is 1.35 bits per heavy atom. The van der Waals surface area contributed by atoms with Crippen LogP contribution in [0.15, 0.2) is 22.7 Å². The maximum absolute atomic E-state index is 13.2. The van der Waals surface area contributed by atoms with E-state index in [1.807, 2.05) is 6.92 Å². The van der Waals surface area contributed by atoms with Gasteiger partial charge in [-0.3, -0.25) is 9.59 Å². The van der Waals surface area contributed by atoms with Crippen molar-refractivity contribution in [3.8, 4) is 0 Å². The molecule has 3 atom stereocenters. The zero-order valence-electron chi connectivity index (χ0n) is 10.9. The van der Waals surface area contributed by atoms with Gasteiger partial charge in [-0.2, -0.15) is 0 Å². The second kappa shape index (κ2) is 5.91. The van der Waals surface area contributed by atoms with Gasteiger partial charge in [0.15, 0.2) is 0 Å². The molecule has 0 spiro atoms. The van der Waals surface area contributed by atoms with E-state index in [0.717, 1.165) is 0 Å². The molecule has 1 saturated carbocycles. The van der Waals surface area contributed by atoms with Crippen LogP contribution in [0, 0.1) is 23.6 Å². The molecular weight excluding hydrogens is 329 g/mol. The van der Waals surface area contributed by atoms with Crippen LogP contribution >= 0.6 is 15.9 Å². The Balaban J connectivity index is 2.15. The molecular formula is C14H15BrFNO3. The summed E-state index contributed by atoms with van der Waals surface area (Å²) in [5.74, 6) is -2.82. The minimum Gasteiger partial charge on any atom is -0.481 e. The van der Waals surface area contributed by atoms with Gasteiger partial charge in [-0.25, -0.2) is 4.39 Å². The number of anilines is 1. The number of aliphatic carboxylic acids is 1. The van der Waals surface area contributed by atoms with Crippen LogP contribution in [0.4, 0.5) is 10.1 Å². The molecule has 0 saturated heterocycles. The lowest BCUT2D eigenvalue weighted by Crippen LogP contribution is -2.30. The van der Waals surface area contributed by atoms with Crippen LogP contribution < -0.4 is 5.32 Å². The summed E-state index contributed by atoms with van der Waals surface area (Å²) in [5.41, 5.74) is 0.318. The van der Waals surface area contributed by atoms with E-state index in [9.17, 15) is 14.0 Å². The Kier molecular flexibility index (Phi) is 4.42. The Bertz CT molecular complexity index is 549. The summed E-state index contributed by atoms with van der Waals surface area (Å²) in [4.78, 5) is 23.4. The zero-order chi connectivity index (χ0) is 14.9. The van der Waals surface area contributed by atoms with E-state index in [-0.39, 0.29) is 11.8 Å². The SMILES string of the molecule is CC1CC(C(=O)O)C(C(=O)Nc2cc(F)ccc2Br)C1. The van der Waals surface area contributed by atoms with Gasteiger partial charge in [-0.1, -0.05) is 6.92 Å². The summed E-state index contributed by atoms with van der Waals surface area (Å²) < 4.78 is 13.7. The highest BCUT2D eigenvalue weighted by molar-refractivity contribution is 9.10. The van der Waals surface area contributed by atoms with E-state index >= 15 is 0 Å². The van der Waals surface area contributed by atoms with E-state index in [2.05, 4.69) is 21.2 Å². The minimum atomic E-state index is -0.951. The average molecular weight is 344 g/mol. The summed E-state index contributed by atoms with van der Waals surface area (Å²) in [7, 11) is 0. The van der Waals surface area contributed by atoms with E-state index in [4.69, 9.17) is 5.11 Å². The predicted octanol–water partition coefficient (Wildman–Crippen LogP) is 3.27. The van der Waals surface area contributed by atoms with Gasteiger partial charge >= 0.3 is 5.97 Å². The number of carbonyl (C=O) groups excluding carboxylic acids is 1. The summed E-state index contributed by atoms with van der Waals surface area (Å²) in [5, 5.41) is 11.8. The van der Waals surface area contributed by atoms with Crippen LogP contribution in [0.2, 0.25) is 0 Å².